The summed E-state index contributed by atoms with van der Waals surface area (Å²) >= 11 is 0. The van der Waals surface area contributed by atoms with Gasteiger partial charge in [0.15, 0.2) is 0 Å². The zero-order valence-corrected chi connectivity index (χ0v) is 13.1. The summed E-state index contributed by atoms with van der Waals surface area (Å²) in [6.07, 6.45) is 3.53. The third-order valence-electron chi connectivity index (χ3n) is 3.72. The SMILES string of the molecule is N#Cc1ccc(C(=O)Nc2ccccc2OC[C@H]2CCCO2)cn1. The average molecular weight is 323 g/mol. The van der Waals surface area contributed by atoms with Gasteiger partial charge in [-0.1, -0.05) is 12.1 Å². The highest BCUT2D eigenvalue weighted by Gasteiger charge is 2.17. The molecule has 0 saturated carbocycles. The zero-order chi connectivity index (χ0) is 16.8. The second-order valence-corrected chi connectivity index (χ2v) is 5.44. The van der Waals surface area contributed by atoms with E-state index >= 15 is 0 Å². The molecule has 1 aliphatic heterocycles. The zero-order valence-electron chi connectivity index (χ0n) is 13.1. The molecular weight excluding hydrogens is 306 g/mol. The van der Waals surface area contributed by atoms with Gasteiger partial charge < -0.3 is 14.8 Å². The number of nitrogens with zero attached hydrogens (tertiary/aromatic N) is 2. The van der Waals surface area contributed by atoms with Gasteiger partial charge in [-0.05, 0) is 37.1 Å². The lowest BCUT2D eigenvalue weighted by molar-refractivity contribution is 0.0682. The monoisotopic (exact) mass is 323 g/mol. The van der Waals surface area contributed by atoms with Gasteiger partial charge in [-0.15, -0.1) is 0 Å². The Bertz CT molecular complexity index is 747. The molecule has 0 aliphatic carbocycles. The maximum atomic E-state index is 12.3. The highest BCUT2D eigenvalue weighted by Crippen LogP contribution is 2.25. The van der Waals surface area contributed by atoms with E-state index in [2.05, 4.69) is 10.3 Å². The van der Waals surface area contributed by atoms with E-state index in [-0.39, 0.29) is 17.7 Å². The van der Waals surface area contributed by atoms with Crippen molar-refractivity contribution in [3.8, 4) is 11.8 Å². The first kappa shape index (κ1) is 16.0. The van der Waals surface area contributed by atoms with Crippen LogP contribution in [-0.4, -0.2) is 30.2 Å². The van der Waals surface area contributed by atoms with Crippen LogP contribution in [0, 0.1) is 11.3 Å². The van der Waals surface area contributed by atoms with Gasteiger partial charge in [-0.2, -0.15) is 5.26 Å². The normalized spacial score (nSPS) is 16.4. The van der Waals surface area contributed by atoms with Crippen LogP contribution in [0.15, 0.2) is 42.6 Å². The summed E-state index contributed by atoms with van der Waals surface area (Å²) in [5.74, 6) is 0.295. The molecule has 1 aromatic heterocycles. The molecule has 1 atom stereocenters. The molecule has 6 heteroatoms. The maximum absolute atomic E-state index is 12.3. The lowest BCUT2D eigenvalue weighted by atomic mass is 10.2. The fourth-order valence-electron chi connectivity index (χ4n) is 2.44. The Morgan fingerprint density at radius 1 is 1.38 bits per heavy atom. The predicted molar refractivity (Wildman–Crippen MR) is 87.8 cm³/mol. The minimum absolute atomic E-state index is 0.108. The Kier molecular flexibility index (Phi) is 5.04. The Morgan fingerprint density at radius 2 is 2.25 bits per heavy atom. The summed E-state index contributed by atoms with van der Waals surface area (Å²) in [6, 6.07) is 12.3. The minimum Gasteiger partial charge on any atom is -0.489 e. The van der Waals surface area contributed by atoms with Crippen LogP contribution in [0.5, 0.6) is 5.75 Å². The molecule has 0 radical (unpaired) electrons. The van der Waals surface area contributed by atoms with Crippen molar-refractivity contribution >= 4 is 11.6 Å². The van der Waals surface area contributed by atoms with Crippen molar-refractivity contribution in [2.24, 2.45) is 0 Å². The predicted octanol–water partition coefficient (Wildman–Crippen LogP) is 2.76. The molecule has 1 aliphatic rings. The molecule has 1 amide bonds. The molecule has 1 aromatic carbocycles. The number of anilines is 1. The van der Waals surface area contributed by atoms with Gasteiger partial charge in [-0.25, -0.2) is 4.98 Å². The largest absolute Gasteiger partial charge is 0.489 e. The highest BCUT2D eigenvalue weighted by molar-refractivity contribution is 6.04. The minimum atomic E-state index is -0.305. The van der Waals surface area contributed by atoms with Crippen molar-refractivity contribution in [1.82, 2.24) is 4.98 Å². The van der Waals surface area contributed by atoms with Crippen molar-refractivity contribution in [2.75, 3.05) is 18.5 Å². The molecule has 1 fully saturated rings. The van der Waals surface area contributed by atoms with Crippen LogP contribution in [0.4, 0.5) is 5.69 Å². The summed E-state index contributed by atoms with van der Waals surface area (Å²) in [4.78, 5) is 16.2. The quantitative estimate of drug-likeness (QED) is 0.914. The molecule has 24 heavy (non-hydrogen) atoms. The Labute approximate surface area is 140 Å². The first-order chi connectivity index (χ1) is 11.8. The Hall–Kier alpha value is -2.91. The maximum Gasteiger partial charge on any atom is 0.257 e. The molecule has 3 rings (SSSR count). The number of benzene rings is 1. The number of amides is 1. The third kappa shape index (κ3) is 3.89. The number of carbonyl (C=O) groups excluding carboxylic acids is 1. The number of aromatic nitrogens is 1. The number of nitriles is 1. The molecule has 1 saturated heterocycles. The van der Waals surface area contributed by atoms with E-state index in [1.54, 1.807) is 12.1 Å². The van der Waals surface area contributed by atoms with Gasteiger partial charge in [0, 0.05) is 12.8 Å². The van der Waals surface area contributed by atoms with E-state index in [0.717, 1.165) is 19.4 Å². The number of ether oxygens (including phenoxy) is 2. The van der Waals surface area contributed by atoms with Crippen molar-refractivity contribution in [2.45, 2.75) is 18.9 Å². The van der Waals surface area contributed by atoms with Crippen LogP contribution in [0.25, 0.3) is 0 Å². The van der Waals surface area contributed by atoms with Crippen LogP contribution < -0.4 is 10.1 Å². The van der Waals surface area contributed by atoms with Crippen LogP contribution >= 0.6 is 0 Å². The second-order valence-electron chi connectivity index (χ2n) is 5.44. The second kappa shape index (κ2) is 7.57. The van der Waals surface area contributed by atoms with Crippen molar-refractivity contribution in [3.63, 3.8) is 0 Å². The number of hydrogen-bond acceptors (Lipinski definition) is 5. The van der Waals surface area contributed by atoms with E-state index in [1.165, 1.54) is 12.3 Å². The molecule has 0 unspecified atom stereocenters. The van der Waals surface area contributed by atoms with E-state index < -0.39 is 0 Å². The first-order valence-electron chi connectivity index (χ1n) is 7.77. The van der Waals surface area contributed by atoms with E-state index in [9.17, 15) is 4.79 Å². The Morgan fingerprint density at radius 3 is 2.96 bits per heavy atom. The summed E-state index contributed by atoms with van der Waals surface area (Å²) in [7, 11) is 0. The van der Waals surface area contributed by atoms with Gasteiger partial charge >= 0.3 is 0 Å². The number of pyridine rings is 1. The molecule has 1 N–H and O–H groups in total. The topological polar surface area (TPSA) is 84.2 Å². The summed E-state index contributed by atoms with van der Waals surface area (Å²) in [5.41, 5.74) is 1.24. The number of rotatable bonds is 5. The van der Waals surface area contributed by atoms with Gasteiger partial charge in [-0.3, -0.25) is 4.79 Å². The van der Waals surface area contributed by atoms with E-state index in [4.69, 9.17) is 14.7 Å². The van der Waals surface area contributed by atoms with Crippen LogP contribution in [0.3, 0.4) is 0 Å². The lowest BCUT2D eigenvalue weighted by Crippen LogP contribution is -2.18. The molecule has 6 nitrogen and oxygen atoms in total. The molecule has 0 bridgehead atoms. The van der Waals surface area contributed by atoms with E-state index in [1.807, 2.05) is 24.3 Å². The molecule has 2 aromatic rings. The standard InChI is InChI=1S/C18H17N3O3/c19-10-14-8-7-13(11-20-14)18(22)21-16-5-1-2-6-17(16)24-12-15-4-3-9-23-15/h1-2,5-8,11,15H,3-4,9,12H2,(H,21,22)/t15-/m1/s1. The van der Waals surface area contributed by atoms with E-state index in [0.29, 0.717) is 23.6 Å². The molecule has 2 heterocycles. The number of para-hydroxylation sites is 2. The van der Waals surface area contributed by atoms with Gasteiger partial charge in [0.2, 0.25) is 0 Å². The van der Waals surface area contributed by atoms with Gasteiger partial charge in [0.05, 0.1) is 17.4 Å². The Balaban J connectivity index is 1.67. The molecular formula is C18H17N3O3. The average Bonchev–Trinajstić information content (AvgIpc) is 3.14. The first-order valence-corrected chi connectivity index (χ1v) is 7.77. The summed E-state index contributed by atoms with van der Waals surface area (Å²) in [6.45, 7) is 1.24. The van der Waals surface area contributed by atoms with Crippen molar-refractivity contribution in [3.05, 3.63) is 53.9 Å². The third-order valence-corrected chi connectivity index (χ3v) is 3.72. The lowest BCUT2D eigenvalue weighted by Gasteiger charge is -2.15. The molecule has 0 spiro atoms. The smallest absolute Gasteiger partial charge is 0.257 e. The fraction of sp³-hybridized carbons (Fsp3) is 0.278. The highest BCUT2D eigenvalue weighted by atomic mass is 16.5. The number of hydrogen-bond donors (Lipinski definition) is 1. The van der Waals surface area contributed by atoms with Crippen LogP contribution in [0.1, 0.15) is 28.9 Å². The van der Waals surface area contributed by atoms with Gasteiger partial charge in [0.25, 0.3) is 5.91 Å². The summed E-state index contributed by atoms with van der Waals surface area (Å²) in [5, 5.41) is 11.6. The number of nitrogens with one attached hydrogen (secondary N) is 1. The fourth-order valence-corrected chi connectivity index (χ4v) is 2.44. The van der Waals surface area contributed by atoms with Crippen LogP contribution in [-0.2, 0) is 4.74 Å². The van der Waals surface area contributed by atoms with Crippen molar-refractivity contribution in [1.29, 1.82) is 5.26 Å². The molecule has 122 valence electrons. The summed E-state index contributed by atoms with van der Waals surface area (Å²) < 4.78 is 11.3. The van der Waals surface area contributed by atoms with Gasteiger partial charge in [0.1, 0.15) is 24.1 Å². The number of carbonyl (C=O) groups is 1. The van der Waals surface area contributed by atoms with Crippen LogP contribution in [0.2, 0.25) is 0 Å². The van der Waals surface area contributed by atoms with Crippen molar-refractivity contribution < 1.29 is 14.3 Å².